The molecule has 19 heavy (non-hydrogen) atoms. The smallest absolute Gasteiger partial charge is 0.157 e. The fourth-order valence-corrected chi connectivity index (χ4v) is 1.72. The van der Waals surface area contributed by atoms with Crippen LogP contribution in [0.3, 0.4) is 0 Å². The van der Waals surface area contributed by atoms with Crippen molar-refractivity contribution < 1.29 is 4.74 Å². The highest BCUT2D eigenvalue weighted by Crippen LogP contribution is 2.11. The van der Waals surface area contributed by atoms with Gasteiger partial charge in [-0.25, -0.2) is 0 Å². The lowest BCUT2D eigenvalue weighted by Crippen LogP contribution is -2.21. The molecular weight excluding hydrogens is 238 g/mol. The Labute approximate surface area is 114 Å². The lowest BCUT2D eigenvalue weighted by atomic mass is 10.1. The Morgan fingerprint density at radius 1 is 1.21 bits per heavy atom. The molecule has 0 saturated carbocycles. The van der Waals surface area contributed by atoms with Crippen LogP contribution in [-0.2, 0) is 20.2 Å². The van der Waals surface area contributed by atoms with Crippen LogP contribution >= 0.6 is 0 Å². The molecule has 0 radical (unpaired) electrons. The van der Waals surface area contributed by atoms with Gasteiger partial charge in [-0.15, -0.1) is 0 Å². The quantitative estimate of drug-likeness (QED) is 0.866. The van der Waals surface area contributed by atoms with Gasteiger partial charge in [0.15, 0.2) is 5.75 Å². The Kier molecular flexibility index (Phi) is 4.58. The zero-order chi connectivity index (χ0) is 13.7. The molecule has 0 spiro atoms. The summed E-state index contributed by atoms with van der Waals surface area (Å²) < 4.78 is 7.38. The van der Waals surface area contributed by atoms with Crippen LogP contribution in [-0.4, -0.2) is 15.8 Å². The molecule has 4 heteroatoms. The predicted octanol–water partition coefficient (Wildman–Crippen LogP) is 2.50. The molecule has 0 bridgehead atoms. The molecule has 0 aliphatic carbocycles. The van der Waals surface area contributed by atoms with Crippen LogP contribution < -0.4 is 10.1 Å². The third-order valence-corrected chi connectivity index (χ3v) is 2.82. The second kappa shape index (κ2) is 6.38. The van der Waals surface area contributed by atoms with E-state index in [4.69, 9.17) is 4.74 Å². The lowest BCUT2D eigenvalue weighted by molar-refractivity contribution is 0.306. The van der Waals surface area contributed by atoms with Crippen LogP contribution in [0.2, 0.25) is 0 Å². The number of aromatic nitrogens is 2. The van der Waals surface area contributed by atoms with Crippen molar-refractivity contribution in [1.82, 2.24) is 15.1 Å². The molecule has 0 saturated heterocycles. The van der Waals surface area contributed by atoms with Crippen LogP contribution in [0.1, 0.15) is 25.0 Å². The number of ether oxygens (including phenoxy) is 1. The molecule has 4 nitrogen and oxygen atoms in total. The zero-order valence-electron chi connectivity index (χ0n) is 11.8. The van der Waals surface area contributed by atoms with Crippen molar-refractivity contribution in [3.05, 3.63) is 47.8 Å². The van der Waals surface area contributed by atoms with Crippen molar-refractivity contribution in [2.75, 3.05) is 0 Å². The largest absolute Gasteiger partial charge is 0.486 e. The Hall–Kier alpha value is -1.81. The monoisotopic (exact) mass is 259 g/mol. The number of hydrogen-bond donors (Lipinski definition) is 1. The second-order valence-electron chi connectivity index (χ2n) is 4.99. The zero-order valence-corrected chi connectivity index (χ0v) is 11.8. The van der Waals surface area contributed by atoms with Gasteiger partial charge >= 0.3 is 0 Å². The Balaban J connectivity index is 1.84. The molecule has 0 aliphatic rings. The predicted molar refractivity (Wildman–Crippen MR) is 76.0 cm³/mol. The maximum atomic E-state index is 5.65. The lowest BCUT2D eigenvalue weighted by Gasteiger charge is -2.09. The van der Waals surface area contributed by atoms with E-state index < -0.39 is 0 Å². The van der Waals surface area contributed by atoms with E-state index in [0.717, 1.165) is 17.9 Å². The second-order valence-corrected chi connectivity index (χ2v) is 4.99. The molecule has 0 aliphatic heterocycles. The number of nitrogens with one attached hydrogen (secondary N) is 1. The molecule has 1 aromatic heterocycles. The van der Waals surface area contributed by atoms with Gasteiger partial charge in [-0.3, -0.25) is 4.68 Å². The summed E-state index contributed by atoms with van der Waals surface area (Å²) >= 11 is 0. The maximum absolute atomic E-state index is 5.65. The van der Waals surface area contributed by atoms with Crippen LogP contribution in [0, 0.1) is 0 Å². The van der Waals surface area contributed by atoms with Crippen LogP contribution in [0.5, 0.6) is 5.75 Å². The first-order chi connectivity index (χ1) is 9.13. The minimum absolute atomic E-state index is 0.508. The average molecular weight is 259 g/mol. The number of hydrogen-bond acceptors (Lipinski definition) is 3. The molecule has 2 rings (SSSR count). The number of rotatable bonds is 6. The summed E-state index contributed by atoms with van der Waals surface area (Å²) in [5, 5.41) is 7.47. The first-order valence-electron chi connectivity index (χ1n) is 6.56. The van der Waals surface area contributed by atoms with Gasteiger partial charge in [0.1, 0.15) is 6.61 Å². The third kappa shape index (κ3) is 4.41. The Bertz CT molecular complexity index is 502. The molecule has 102 valence electrons. The summed E-state index contributed by atoms with van der Waals surface area (Å²) in [6.07, 6.45) is 3.59. The summed E-state index contributed by atoms with van der Waals surface area (Å²) in [5.41, 5.74) is 2.45. The van der Waals surface area contributed by atoms with Crippen LogP contribution in [0.4, 0.5) is 0 Å². The first kappa shape index (κ1) is 13.6. The van der Waals surface area contributed by atoms with Crippen molar-refractivity contribution >= 4 is 0 Å². The Morgan fingerprint density at radius 2 is 1.89 bits per heavy atom. The summed E-state index contributed by atoms with van der Waals surface area (Å²) in [6, 6.07) is 8.99. The molecule has 1 aromatic carbocycles. The maximum Gasteiger partial charge on any atom is 0.157 e. The van der Waals surface area contributed by atoms with Gasteiger partial charge in [-0.05, 0) is 11.1 Å². The highest BCUT2D eigenvalue weighted by atomic mass is 16.5. The van der Waals surface area contributed by atoms with Gasteiger partial charge in [0, 0.05) is 19.6 Å². The third-order valence-electron chi connectivity index (χ3n) is 2.82. The number of aryl methyl sites for hydroxylation is 1. The van der Waals surface area contributed by atoms with E-state index in [0.29, 0.717) is 12.6 Å². The molecule has 0 unspecified atom stereocenters. The van der Waals surface area contributed by atoms with E-state index in [1.165, 1.54) is 5.56 Å². The molecule has 0 atom stereocenters. The standard InChI is InChI=1S/C15H21N3O/c1-12(2)16-8-13-4-6-14(7-5-13)11-19-15-9-17-18(3)10-15/h4-7,9-10,12,16H,8,11H2,1-3H3. The van der Waals surface area contributed by atoms with Gasteiger partial charge in [-0.2, -0.15) is 5.10 Å². The van der Waals surface area contributed by atoms with E-state index in [9.17, 15) is 0 Å². The van der Waals surface area contributed by atoms with Crippen molar-refractivity contribution in [2.24, 2.45) is 7.05 Å². The highest BCUT2D eigenvalue weighted by Gasteiger charge is 1.99. The molecule has 0 fully saturated rings. The normalized spacial score (nSPS) is 10.9. The van der Waals surface area contributed by atoms with Gasteiger partial charge in [0.05, 0.1) is 12.4 Å². The van der Waals surface area contributed by atoms with E-state index in [1.807, 2.05) is 13.2 Å². The van der Waals surface area contributed by atoms with E-state index >= 15 is 0 Å². The highest BCUT2D eigenvalue weighted by molar-refractivity contribution is 5.23. The van der Waals surface area contributed by atoms with E-state index in [2.05, 4.69) is 48.5 Å². The van der Waals surface area contributed by atoms with Crippen LogP contribution in [0.25, 0.3) is 0 Å². The van der Waals surface area contributed by atoms with Crippen LogP contribution in [0.15, 0.2) is 36.7 Å². The molecule has 1 N–H and O–H groups in total. The van der Waals surface area contributed by atoms with Gasteiger partial charge in [0.2, 0.25) is 0 Å². The first-order valence-corrected chi connectivity index (χ1v) is 6.56. The molecule has 2 aromatic rings. The minimum Gasteiger partial charge on any atom is -0.486 e. The van der Waals surface area contributed by atoms with Crippen molar-refractivity contribution in [3.8, 4) is 5.75 Å². The summed E-state index contributed by atoms with van der Waals surface area (Å²) in [6.45, 7) is 5.78. The minimum atomic E-state index is 0.508. The fraction of sp³-hybridized carbons (Fsp3) is 0.400. The molecular formula is C15H21N3O. The Morgan fingerprint density at radius 3 is 2.47 bits per heavy atom. The average Bonchev–Trinajstić information content (AvgIpc) is 2.81. The van der Waals surface area contributed by atoms with E-state index in [1.54, 1.807) is 10.9 Å². The molecule has 1 heterocycles. The van der Waals surface area contributed by atoms with Gasteiger partial charge in [-0.1, -0.05) is 38.1 Å². The summed E-state index contributed by atoms with van der Waals surface area (Å²) in [4.78, 5) is 0. The van der Waals surface area contributed by atoms with Gasteiger partial charge in [0.25, 0.3) is 0 Å². The van der Waals surface area contributed by atoms with Crippen molar-refractivity contribution in [3.63, 3.8) is 0 Å². The topological polar surface area (TPSA) is 39.1 Å². The SMILES string of the molecule is CC(C)NCc1ccc(COc2cnn(C)c2)cc1. The number of nitrogens with zero attached hydrogens (tertiary/aromatic N) is 2. The molecule has 0 amide bonds. The van der Waals surface area contributed by atoms with Crippen molar-refractivity contribution in [1.29, 1.82) is 0 Å². The fourth-order valence-electron chi connectivity index (χ4n) is 1.72. The van der Waals surface area contributed by atoms with E-state index in [-0.39, 0.29) is 0 Å². The number of benzene rings is 1. The summed E-state index contributed by atoms with van der Waals surface area (Å²) in [5.74, 6) is 0.799. The van der Waals surface area contributed by atoms with Crippen molar-refractivity contribution in [2.45, 2.75) is 33.0 Å². The summed E-state index contributed by atoms with van der Waals surface area (Å²) in [7, 11) is 1.88. The van der Waals surface area contributed by atoms with Gasteiger partial charge < -0.3 is 10.1 Å².